The van der Waals surface area contributed by atoms with Gasteiger partial charge in [-0.25, -0.2) is 0 Å². The zero-order valence-corrected chi connectivity index (χ0v) is 11.0. The molecule has 0 aliphatic rings. The molecular formula is C13H21NO3. The lowest BCUT2D eigenvalue weighted by atomic mass is 10.1. The fourth-order valence-corrected chi connectivity index (χ4v) is 1.67. The highest BCUT2D eigenvalue weighted by Crippen LogP contribution is 2.24. The van der Waals surface area contributed by atoms with Crippen LogP contribution in [0.4, 0.5) is 0 Å². The Balaban J connectivity index is 2.67. The number of methoxy groups -OCH3 is 3. The molecule has 4 nitrogen and oxygen atoms in total. The third-order valence-corrected chi connectivity index (χ3v) is 2.60. The smallest absolute Gasteiger partial charge is 0.122 e. The maximum Gasteiger partial charge on any atom is 0.122 e. The van der Waals surface area contributed by atoms with E-state index in [0.29, 0.717) is 6.73 Å². The van der Waals surface area contributed by atoms with Crippen LogP contribution in [0.15, 0.2) is 18.2 Å². The number of hydrogen-bond acceptors (Lipinski definition) is 4. The molecular weight excluding hydrogens is 218 g/mol. The lowest BCUT2D eigenvalue weighted by Crippen LogP contribution is -2.23. The molecule has 0 unspecified atom stereocenters. The summed E-state index contributed by atoms with van der Waals surface area (Å²) in [5.74, 6) is 1.76. The second-order valence-corrected chi connectivity index (χ2v) is 3.93. The largest absolute Gasteiger partial charge is 0.497 e. The molecule has 0 bridgehead atoms. The first-order chi connectivity index (χ1) is 8.21. The zero-order chi connectivity index (χ0) is 12.7. The van der Waals surface area contributed by atoms with Crippen LogP contribution >= 0.6 is 0 Å². The molecule has 0 aliphatic heterocycles. The average molecular weight is 239 g/mol. The molecule has 0 fully saturated rings. The van der Waals surface area contributed by atoms with Crippen molar-refractivity contribution >= 4 is 0 Å². The highest BCUT2D eigenvalue weighted by Gasteiger charge is 2.06. The van der Waals surface area contributed by atoms with E-state index in [1.807, 2.05) is 25.2 Å². The van der Waals surface area contributed by atoms with Crippen molar-refractivity contribution in [1.82, 2.24) is 4.90 Å². The molecule has 1 aromatic carbocycles. The highest BCUT2D eigenvalue weighted by molar-refractivity contribution is 5.40. The van der Waals surface area contributed by atoms with Gasteiger partial charge in [0, 0.05) is 13.7 Å². The van der Waals surface area contributed by atoms with E-state index in [1.54, 1.807) is 21.3 Å². The van der Waals surface area contributed by atoms with Crippen LogP contribution in [0.1, 0.15) is 5.56 Å². The third kappa shape index (κ3) is 4.24. The second kappa shape index (κ2) is 7.14. The SMILES string of the molecule is COCN(C)CCc1cc(OC)ccc1OC. The maximum absolute atomic E-state index is 5.33. The Morgan fingerprint density at radius 3 is 2.47 bits per heavy atom. The van der Waals surface area contributed by atoms with Gasteiger partial charge in [-0.2, -0.15) is 0 Å². The summed E-state index contributed by atoms with van der Waals surface area (Å²) in [6.07, 6.45) is 0.903. The summed E-state index contributed by atoms with van der Waals surface area (Å²) in [5.41, 5.74) is 1.15. The molecule has 4 heteroatoms. The van der Waals surface area contributed by atoms with Crippen molar-refractivity contribution in [2.75, 3.05) is 41.7 Å². The van der Waals surface area contributed by atoms with E-state index in [4.69, 9.17) is 14.2 Å². The molecule has 1 rings (SSSR count). The summed E-state index contributed by atoms with van der Waals surface area (Å²) in [6.45, 7) is 1.55. The van der Waals surface area contributed by atoms with Crippen LogP contribution in [0.25, 0.3) is 0 Å². The Morgan fingerprint density at radius 2 is 1.88 bits per heavy atom. The van der Waals surface area contributed by atoms with Gasteiger partial charge in [-0.05, 0) is 37.2 Å². The number of nitrogens with zero attached hydrogens (tertiary/aromatic N) is 1. The quantitative estimate of drug-likeness (QED) is 0.679. The Hall–Kier alpha value is -1.26. The van der Waals surface area contributed by atoms with Gasteiger partial charge in [-0.3, -0.25) is 4.90 Å². The van der Waals surface area contributed by atoms with E-state index in [9.17, 15) is 0 Å². The van der Waals surface area contributed by atoms with Gasteiger partial charge in [0.15, 0.2) is 0 Å². The predicted octanol–water partition coefficient (Wildman–Crippen LogP) is 1.78. The van der Waals surface area contributed by atoms with Crippen molar-refractivity contribution in [2.45, 2.75) is 6.42 Å². The van der Waals surface area contributed by atoms with Crippen molar-refractivity contribution in [3.63, 3.8) is 0 Å². The molecule has 0 atom stereocenters. The number of hydrogen-bond donors (Lipinski definition) is 0. The van der Waals surface area contributed by atoms with Crippen molar-refractivity contribution in [2.24, 2.45) is 0 Å². The lowest BCUT2D eigenvalue weighted by Gasteiger charge is -2.16. The van der Waals surface area contributed by atoms with Crippen LogP contribution in [0, 0.1) is 0 Å². The van der Waals surface area contributed by atoms with Gasteiger partial charge in [0.25, 0.3) is 0 Å². The molecule has 0 aliphatic carbocycles. The van der Waals surface area contributed by atoms with E-state index in [0.717, 1.165) is 30.0 Å². The van der Waals surface area contributed by atoms with Gasteiger partial charge in [-0.15, -0.1) is 0 Å². The molecule has 0 amide bonds. The van der Waals surface area contributed by atoms with Crippen molar-refractivity contribution in [3.05, 3.63) is 23.8 Å². The Kier molecular flexibility index (Phi) is 5.80. The van der Waals surface area contributed by atoms with Gasteiger partial charge in [0.05, 0.1) is 21.0 Å². The predicted molar refractivity (Wildman–Crippen MR) is 67.8 cm³/mol. The van der Waals surface area contributed by atoms with Crippen molar-refractivity contribution in [1.29, 1.82) is 0 Å². The Labute approximate surface area is 103 Å². The first-order valence-corrected chi connectivity index (χ1v) is 5.59. The molecule has 17 heavy (non-hydrogen) atoms. The third-order valence-electron chi connectivity index (χ3n) is 2.60. The Morgan fingerprint density at radius 1 is 1.12 bits per heavy atom. The molecule has 0 saturated carbocycles. The topological polar surface area (TPSA) is 30.9 Å². The van der Waals surface area contributed by atoms with E-state index >= 15 is 0 Å². The van der Waals surface area contributed by atoms with E-state index in [1.165, 1.54) is 0 Å². The molecule has 0 heterocycles. The van der Waals surface area contributed by atoms with Crippen LogP contribution in [0.5, 0.6) is 11.5 Å². The van der Waals surface area contributed by atoms with Crippen LogP contribution in [0.2, 0.25) is 0 Å². The van der Waals surface area contributed by atoms with Gasteiger partial charge in [-0.1, -0.05) is 0 Å². The fraction of sp³-hybridized carbons (Fsp3) is 0.538. The summed E-state index contributed by atoms with van der Waals surface area (Å²) < 4.78 is 15.6. The monoisotopic (exact) mass is 239 g/mol. The van der Waals surface area contributed by atoms with Crippen LogP contribution < -0.4 is 9.47 Å². The normalized spacial score (nSPS) is 10.6. The first kappa shape index (κ1) is 13.8. The number of ether oxygens (including phenoxy) is 3. The molecule has 0 radical (unpaired) electrons. The second-order valence-electron chi connectivity index (χ2n) is 3.93. The van der Waals surface area contributed by atoms with Crippen LogP contribution in [-0.2, 0) is 11.2 Å². The van der Waals surface area contributed by atoms with Gasteiger partial charge >= 0.3 is 0 Å². The van der Waals surface area contributed by atoms with Gasteiger partial charge < -0.3 is 14.2 Å². The van der Waals surface area contributed by atoms with Gasteiger partial charge in [0.1, 0.15) is 11.5 Å². The minimum Gasteiger partial charge on any atom is -0.497 e. The van der Waals surface area contributed by atoms with E-state index < -0.39 is 0 Å². The minimum atomic E-state index is 0.631. The summed E-state index contributed by atoms with van der Waals surface area (Å²) in [7, 11) is 7.07. The number of rotatable bonds is 7. The highest BCUT2D eigenvalue weighted by atomic mass is 16.5. The van der Waals surface area contributed by atoms with Crippen LogP contribution in [0.3, 0.4) is 0 Å². The van der Waals surface area contributed by atoms with E-state index in [-0.39, 0.29) is 0 Å². The standard InChI is InChI=1S/C13H21NO3/c1-14(10-15-2)8-7-11-9-12(16-3)5-6-13(11)17-4/h5-6,9H,7-8,10H2,1-4H3. The van der Waals surface area contributed by atoms with E-state index in [2.05, 4.69) is 4.90 Å². The molecule has 0 N–H and O–H groups in total. The lowest BCUT2D eigenvalue weighted by molar-refractivity contribution is 0.0826. The summed E-state index contributed by atoms with van der Waals surface area (Å²) in [4.78, 5) is 2.11. The summed E-state index contributed by atoms with van der Waals surface area (Å²) >= 11 is 0. The van der Waals surface area contributed by atoms with Crippen LogP contribution in [-0.4, -0.2) is 46.6 Å². The van der Waals surface area contributed by atoms with Crippen molar-refractivity contribution in [3.8, 4) is 11.5 Å². The molecule has 96 valence electrons. The number of likely N-dealkylation sites (N-methyl/N-ethyl adjacent to an activating group) is 1. The summed E-state index contributed by atoms with van der Waals surface area (Å²) in [6, 6.07) is 5.85. The molecule has 0 aromatic heterocycles. The molecule has 1 aromatic rings. The number of benzene rings is 1. The minimum absolute atomic E-state index is 0.631. The summed E-state index contributed by atoms with van der Waals surface area (Å²) in [5, 5.41) is 0. The van der Waals surface area contributed by atoms with Crippen molar-refractivity contribution < 1.29 is 14.2 Å². The Bertz CT molecular complexity index is 341. The molecule has 0 spiro atoms. The van der Waals surface area contributed by atoms with Gasteiger partial charge in [0.2, 0.25) is 0 Å². The first-order valence-electron chi connectivity index (χ1n) is 5.59. The maximum atomic E-state index is 5.33. The fourth-order valence-electron chi connectivity index (χ4n) is 1.67. The average Bonchev–Trinajstić information content (AvgIpc) is 2.36. The molecule has 0 saturated heterocycles. The zero-order valence-electron chi connectivity index (χ0n) is 11.0.